The van der Waals surface area contributed by atoms with Gasteiger partial charge in [-0.25, -0.2) is 0 Å². The van der Waals surface area contributed by atoms with Crippen molar-refractivity contribution in [3.05, 3.63) is 48.0 Å². The number of nitrogens with zero attached hydrogens (tertiary/aromatic N) is 1. The number of fused-ring (bicyclic) bond motifs is 1. The summed E-state index contributed by atoms with van der Waals surface area (Å²) in [5.41, 5.74) is 7.54. The molecular formula is C19H26N2. The largest absolute Gasteiger partial charge is 0.330 e. The third-order valence-corrected chi connectivity index (χ3v) is 4.93. The lowest BCUT2D eigenvalue weighted by molar-refractivity contribution is 0.166. The van der Waals surface area contributed by atoms with E-state index in [1.807, 2.05) is 0 Å². The average Bonchev–Trinajstić information content (AvgIpc) is 2.76. The highest BCUT2D eigenvalue weighted by Crippen LogP contribution is 2.35. The van der Waals surface area contributed by atoms with Crippen LogP contribution < -0.4 is 5.73 Å². The molecule has 0 aliphatic carbocycles. The van der Waals surface area contributed by atoms with Gasteiger partial charge in [0.15, 0.2) is 0 Å². The van der Waals surface area contributed by atoms with Crippen LogP contribution in [0.15, 0.2) is 42.5 Å². The molecule has 0 aromatic heterocycles. The van der Waals surface area contributed by atoms with Crippen LogP contribution in [0.25, 0.3) is 10.8 Å². The highest BCUT2D eigenvalue weighted by atomic mass is 15.2. The minimum absolute atomic E-state index is 0.479. The van der Waals surface area contributed by atoms with E-state index in [2.05, 4.69) is 54.3 Å². The minimum Gasteiger partial charge on any atom is -0.330 e. The SMILES string of the molecule is CCN1CCCCC(CN)C1c1ccc2ccccc2c1. The van der Waals surface area contributed by atoms with E-state index in [9.17, 15) is 0 Å². The van der Waals surface area contributed by atoms with E-state index in [0.717, 1.165) is 13.1 Å². The molecule has 1 aliphatic rings. The van der Waals surface area contributed by atoms with E-state index in [0.29, 0.717) is 12.0 Å². The first-order valence-electron chi connectivity index (χ1n) is 8.26. The standard InChI is InChI=1S/C19H26N2/c1-2-21-12-6-5-9-18(14-20)19(21)17-11-10-15-7-3-4-8-16(15)13-17/h3-4,7-8,10-11,13,18-19H,2,5-6,9,12,14,20H2,1H3. The zero-order valence-electron chi connectivity index (χ0n) is 13.0. The van der Waals surface area contributed by atoms with Crippen molar-refractivity contribution in [3.63, 3.8) is 0 Å². The Morgan fingerprint density at radius 3 is 2.67 bits per heavy atom. The molecule has 1 fully saturated rings. The van der Waals surface area contributed by atoms with Gasteiger partial charge in [0.25, 0.3) is 0 Å². The molecule has 112 valence electrons. The summed E-state index contributed by atoms with van der Waals surface area (Å²) >= 11 is 0. The summed E-state index contributed by atoms with van der Waals surface area (Å²) in [5, 5.41) is 2.66. The monoisotopic (exact) mass is 282 g/mol. The van der Waals surface area contributed by atoms with Crippen molar-refractivity contribution in [1.82, 2.24) is 4.90 Å². The first-order valence-corrected chi connectivity index (χ1v) is 8.26. The number of nitrogens with two attached hydrogens (primary N) is 1. The van der Waals surface area contributed by atoms with Gasteiger partial charge in [-0.15, -0.1) is 0 Å². The van der Waals surface area contributed by atoms with Crippen LogP contribution in [0.3, 0.4) is 0 Å². The van der Waals surface area contributed by atoms with Crippen molar-refractivity contribution >= 4 is 10.8 Å². The third-order valence-electron chi connectivity index (χ3n) is 4.93. The third kappa shape index (κ3) is 2.97. The second kappa shape index (κ2) is 6.59. The molecule has 2 unspecified atom stereocenters. The Labute approximate surface area is 127 Å². The molecule has 2 aromatic carbocycles. The van der Waals surface area contributed by atoms with E-state index in [1.165, 1.54) is 42.1 Å². The fraction of sp³-hybridized carbons (Fsp3) is 0.474. The summed E-state index contributed by atoms with van der Waals surface area (Å²) in [6, 6.07) is 16.0. The fourth-order valence-corrected chi connectivity index (χ4v) is 3.79. The molecular weight excluding hydrogens is 256 g/mol. The van der Waals surface area contributed by atoms with E-state index in [1.54, 1.807) is 0 Å². The van der Waals surface area contributed by atoms with Crippen molar-refractivity contribution in [3.8, 4) is 0 Å². The van der Waals surface area contributed by atoms with Gasteiger partial charge in [0.1, 0.15) is 0 Å². The summed E-state index contributed by atoms with van der Waals surface area (Å²) in [6.07, 6.45) is 3.86. The van der Waals surface area contributed by atoms with Crippen molar-refractivity contribution in [1.29, 1.82) is 0 Å². The van der Waals surface area contributed by atoms with Crippen LogP contribution in [0.1, 0.15) is 37.8 Å². The zero-order chi connectivity index (χ0) is 14.7. The molecule has 2 heteroatoms. The molecule has 1 aliphatic heterocycles. The van der Waals surface area contributed by atoms with Crippen LogP contribution in [0.5, 0.6) is 0 Å². The fourth-order valence-electron chi connectivity index (χ4n) is 3.79. The Morgan fingerprint density at radius 2 is 1.90 bits per heavy atom. The van der Waals surface area contributed by atoms with Crippen LogP contribution in [0.4, 0.5) is 0 Å². The molecule has 0 bridgehead atoms. The van der Waals surface area contributed by atoms with E-state index < -0.39 is 0 Å². The van der Waals surface area contributed by atoms with Crippen LogP contribution in [0, 0.1) is 5.92 Å². The number of hydrogen-bond acceptors (Lipinski definition) is 2. The first-order chi connectivity index (χ1) is 10.3. The van der Waals surface area contributed by atoms with E-state index in [4.69, 9.17) is 5.73 Å². The molecule has 2 atom stereocenters. The first kappa shape index (κ1) is 14.6. The minimum atomic E-state index is 0.479. The maximum Gasteiger partial charge on any atom is 0.0388 e. The van der Waals surface area contributed by atoms with Crippen molar-refractivity contribution in [2.24, 2.45) is 11.7 Å². The van der Waals surface area contributed by atoms with Crippen molar-refractivity contribution in [2.75, 3.05) is 19.6 Å². The summed E-state index contributed by atoms with van der Waals surface area (Å²) in [4.78, 5) is 2.62. The maximum atomic E-state index is 6.10. The van der Waals surface area contributed by atoms with E-state index in [-0.39, 0.29) is 0 Å². The lowest BCUT2D eigenvalue weighted by Crippen LogP contribution is -2.35. The summed E-state index contributed by atoms with van der Waals surface area (Å²) in [6.45, 7) is 5.36. The number of benzene rings is 2. The number of hydrogen-bond donors (Lipinski definition) is 1. The second-order valence-corrected chi connectivity index (χ2v) is 6.17. The topological polar surface area (TPSA) is 29.3 Å². The molecule has 2 N–H and O–H groups in total. The lowest BCUT2D eigenvalue weighted by atomic mass is 9.88. The highest BCUT2D eigenvalue weighted by Gasteiger charge is 2.29. The van der Waals surface area contributed by atoms with Gasteiger partial charge in [-0.3, -0.25) is 4.90 Å². The van der Waals surface area contributed by atoms with Crippen LogP contribution in [-0.4, -0.2) is 24.5 Å². The van der Waals surface area contributed by atoms with E-state index >= 15 is 0 Å². The molecule has 21 heavy (non-hydrogen) atoms. The average molecular weight is 282 g/mol. The molecule has 1 heterocycles. The summed E-state index contributed by atoms with van der Waals surface area (Å²) < 4.78 is 0. The van der Waals surface area contributed by atoms with Gasteiger partial charge in [-0.2, -0.15) is 0 Å². The number of rotatable bonds is 3. The number of likely N-dealkylation sites (tertiary alicyclic amines) is 1. The Bertz CT molecular complexity index is 579. The van der Waals surface area contributed by atoms with Crippen LogP contribution in [0.2, 0.25) is 0 Å². The molecule has 0 radical (unpaired) electrons. The molecule has 0 amide bonds. The van der Waals surface area contributed by atoms with Crippen LogP contribution in [-0.2, 0) is 0 Å². The van der Waals surface area contributed by atoms with Gasteiger partial charge in [0.2, 0.25) is 0 Å². The van der Waals surface area contributed by atoms with Gasteiger partial charge in [0.05, 0.1) is 0 Å². The highest BCUT2D eigenvalue weighted by molar-refractivity contribution is 5.83. The summed E-state index contributed by atoms with van der Waals surface area (Å²) in [5.74, 6) is 0.577. The molecule has 3 rings (SSSR count). The molecule has 2 nitrogen and oxygen atoms in total. The predicted octanol–water partition coefficient (Wildman–Crippen LogP) is 3.96. The molecule has 0 saturated carbocycles. The van der Waals surface area contributed by atoms with Crippen LogP contribution >= 0.6 is 0 Å². The zero-order valence-corrected chi connectivity index (χ0v) is 13.0. The van der Waals surface area contributed by atoms with Gasteiger partial charge in [0, 0.05) is 6.04 Å². The molecule has 0 spiro atoms. The second-order valence-electron chi connectivity index (χ2n) is 6.17. The van der Waals surface area contributed by atoms with Crippen molar-refractivity contribution < 1.29 is 0 Å². The predicted molar refractivity (Wildman–Crippen MR) is 90.3 cm³/mol. The summed E-state index contributed by atoms with van der Waals surface area (Å²) in [7, 11) is 0. The molecule has 1 saturated heterocycles. The quantitative estimate of drug-likeness (QED) is 0.923. The van der Waals surface area contributed by atoms with Crippen molar-refractivity contribution in [2.45, 2.75) is 32.2 Å². The van der Waals surface area contributed by atoms with Gasteiger partial charge >= 0.3 is 0 Å². The van der Waals surface area contributed by atoms with Gasteiger partial charge in [-0.05, 0) is 60.8 Å². The Kier molecular flexibility index (Phi) is 4.57. The lowest BCUT2D eigenvalue weighted by Gasteiger charge is -2.34. The Balaban J connectivity index is 2.02. The van der Waals surface area contributed by atoms with Gasteiger partial charge < -0.3 is 5.73 Å². The smallest absolute Gasteiger partial charge is 0.0388 e. The Morgan fingerprint density at radius 1 is 1.10 bits per heavy atom. The molecule has 2 aromatic rings. The normalized spacial score (nSPS) is 24.1. The maximum absolute atomic E-state index is 6.10. The Hall–Kier alpha value is -1.38. The van der Waals surface area contributed by atoms with Gasteiger partial charge in [-0.1, -0.05) is 49.7 Å².